The minimum Gasteiger partial charge on any atom is -0.387 e. The molecular formula is C14H12N4O2. The van der Waals surface area contributed by atoms with E-state index < -0.39 is 0 Å². The molecule has 6 nitrogen and oxygen atoms in total. The second-order valence-electron chi connectivity index (χ2n) is 4.25. The van der Waals surface area contributed by atoms with Gasteiger partial charge < -0.3 is 5.32 Å². The summed E-state index contributed by atoms with van der Waals surface area (Å²) < 4.78 is 1.22. The summed E-state index contributed by atoms with van der Waals surface area (Å²) in [6.07, 6.45) is 1.52. The minimum absolute atomic E-state index is 0.253. The number of pyridine rings is 1. The Hall–Kier alpha value is -2.89. The summed E-state index contributed by atoms with van der Waals surface area (Å²) in [6.45, 7) is 0. The van der Waals surface area contributed by atoms with E-state index in [1.165, 1.54) is 10.9 Å². The number of rotatable bonds is 2. The standard InChI is InChI=1S/C14H12N4O2/c1-15-10-6-3-2-5-9(10)14(20)18-11-7-4-8-16-12(11)13(19)17-18/h2-8,15H,1H3,(H,17,19). The Labute approximate surface area is 114 Å². The Kier molecular flexibility index (Phi) is 2.83. The smallest absolute Gasteiger partial charge is 0.291 e. The molecule has 3 aromatic rings. The van der Waals surface area contributed by atoms with Crippen molar-refractivity contribution in [1.82, 2.24) is 14.8 Å². The second kappa shape index (κ2) is 4.65. The fourth-order valence-corrected chi connectivity index (χ4v) is 2.14. The van der Waals surface area contributed by atoms with E-state index in [0.29, 0.717) is 16.8 Å². The van der Waals surface area contributed by atoms with E-state index in [2.05, 4.69) is 15.4 Å². The summed E-state index contributed by atoms with van der Waals surface area (Å²) in [5, 5.41) is 5.48. The molecule has 0 saturated carbocycles. The molecule has 6 heteroatoms. The zero-order chi connectivity index (χ0) is 14.1. The quantitative estimate of drug-likeness (QED) is 0.737. The zero-order valence-corrected chi connectivity index (χ0v) is 10.8. The van der Waals surface area contributed by atoms with E-state index in [9.17, 15) is 9.59 Å². The molecule has 0 aliphatic heterocycles. The van der Waals surface area contributed by atoms with Crippen LogP contribution in [0.4, 0.5) is 5.69 Å². The molecule has 2 N–H and O–H groups in total. The van der Waals surface area contributed by atoms with Gasteiger partial charge in [-0.05, 0) is 24.3 Å². The number of anilines is 1. The average molecular weight is 268 g/mol. The Morgan fingerprint density at radius 1 is 1.25 bits per heavy atom. The first-order valence-electron chi connectivity index (χ1n) is 6.09. The topological polar surface area (TPSA) is 79.8 Å². The number of aromatic nitrogens is 3. The molecule has 0 aliphatic carbocycles. The highest BCUT2D eigenvalue weighted by Gasteiger charge is 2.17. The number of nitrogens with zero attached hydrogens (tertiary/aromatic N) is 2. The maximum absolute atomic E-state index is 12.6. The van der Waals surface area contributed by atoms with E-state index in [1.807, 2.05) is 6.07 Å². The van der Waals surface area contributed by atoms with Gasteiger partial charge in [-0.25, -0.2) is 9.67 Å². The van der Waals surface area contributed by atoms with Crippen molar-refractivity contribution in [3.05, 3.63) is 58.5 Å². The molecule has 20 heavy (non-hydrogen) atoms. The van der Waals surface area contributed by atoms with Crippen LogP contribution >= 0.6 is 0 Å². The fraction of sp³-hybridized carbons (Fsp3) is 0.0714. The number of nitrogens with one attached hydrogen (secondary N) is 2. The molecule has 0 unspecified atom stereocenters. The van der Waals surface area contributed by atoms with Crippen LogP contribution < -0.4 is 10.9 Å². The number of H-pyrrole nitrogens is 1. The largest absolute Gasteiger partial charge is 0.387 e. The number of fused-ring (bicyclic) bond motifs is 1. The Morgan fingerprint density at radius 2 is 2.05 bits per heavy atom. The van der Waals surface area contributed by atoms with E-state index in [1.54, 1.807) is 37.4 Å². The molecule has 0 amide bonds. The van der Waals surface area contributed by atoms with Crippen LogP contribution in [0.3, 0.4) is 0 Å². The lowest BCUT2D eigenvalue weighted by Crippen LogP contribution is -2.17. The van der Waals surface area contributed by atoms with Gasteiger partial charge in [-0.3, -0.25) is 14.7 Å². The molecular weight excluding hydrogens is 256 g/mol. The fourth-order valence-electron chi connectivity index (χ4n) is 2.14. The van der Waals surface area contributed by atoms with Crippen molar-refractivity contribution in [2.45, 2.75) is 0 Å². The number of aromatic amines is 1. The first kappa shape index (κ1) is 12.2. The highest BCUT2D eigenvalue weighted by molar-refractivity contribution is 6.04. The van der Waals surface area contributed by atoms with Crippen molar-refractivity contribution in [3.63, 3.8) is 0 Å². The Balaban J connectivity index is 2.21. The number of para-hydroxylation sites is 1. The van der Waals surface area contributed by atoms with Gasteiger partial charge in [-0.1, -0.05) is 12.1 Å². The molecule has 0 bridgehead atoms. The molecule has 1 aromatic carbocycles. The monoisotopic (exact) mass is 268 g/mol. The van der Waals surface area contributed by atoms with Gasteiger partial charge in [0.15, 0.2) is 5.52 Å². The summed E-state index contributed by atoms with van der Waals surface area (Å²) in [4.78, 5) is 28.3. The van der Waals surface area contributed by atoms with Crippen LogP contribution in [0, 0.1) is 0 Å². The van der Waals surface area contributed by atoms with Gasteiger partial charge >= 0.3 is 0 Å². The maximum Gasteiger partial charge on any atom is 0.291 e. The number of carbonyl (C=O) groups is 1. The van der Waals surface area contributed by atoms with Gasteiger partial charge in [-0.2, -0.15) is 0 Å². The van der Waals surface area contributed by atoms with E-state index in [4.69, 9.17) is 0 Å². The number of hydrogen-bond donors (Lipinski definition) is 2. The minimum atomic E-state index is -0.379. The third-order valence-corrected chi connectivity index (χ3v) is 3.09. The lowest BCUT2D eigenvalue weighted by atomic mass is 10.1. The molecule has 0 atom stereocenters. The van der Waals surface area contributed by atoms with Crippen LogP contribution in [-0.2, 0) is 0 Å². The molecule has 2 heterocycles. The first-order valence-corrected chi connectivity index (χ1v) is 6.09. The highest BCUT2D eigenvalue weighted by Crippen LogP contribution is 2.17. The number of benzene rings is 1. The van der Waals surface area contributed by atoms with Crippen LogP contribution in [0.15, 0.2) is 47.4 Å². The van der Waals surface area contributed by atoms with Crippen LogP contribution in [0.2, 0.25) is 0 Å². The summed E-state index contributed by atoms with van der Waals surface area (Å²) in [5.74, 6) is -0.310. The summed E-state index contributed by atoms with van der Waals surface area (Å²) in [6, 6.07) is 10.5. The van der Waals surface area contributed by atoms with Gasteiger partial charge in [0.25, 0.3) is 11.5 Å². The van der Waals surface area contributed by atoms with Crippen molar-refractivity contribution in [1.29, 1.82) is 0 Å². The van der Waals surface area contributed by atoms with Crippen molar-refractivity contribution in [2.75, 3.05) is 12.4 Å². The molecule has 100 valence electrons. The maximum atomic E-state index is 12.6. The predicted molar refractivity (Wildman–Crippen MR) is 76.1 cm³/mol. The normalized spacial score (nSPS) is 10.7. The predicted octanol–water partition coefficient (Wildman–Crippen LogP) is 1.45. The Morgan fingerprint density at radius 3 is 2.85 bits per heavy atom. The van der Waals surface area contributed by atoms with Gasteiger partial charge in [0, 0.05) is 18.9 Å². The van der Waals surface area contributed by atoms with Gasteiger partial charge in [0.2, 0.25) is 0 Å². The van der Waals surface area contributed by atoms with Gasteiger partial charge in [-0.15, -0.1) is 0 Å². The van der Waals surface area contributed by atoms with Crippen LogP contribution in [-0.4, -0.2) is 27.7 Å². The summed E-state index contributed by atoms with van der Waals surface area (Å²) >= 11 is 0. The SMILES string of the molecule is CNc1ccccc1C(=O)n1[nH]c(=O)c2ncccc21. The number of hydrogen-bond acceptors (Lipinski definition) is 4. The van der Waals surface area contributed by atoms with E-state index in [-0.39, 0.29) is 17.0 Å². The third-order valence-electron chi connectivity index (χ3n) is 3.09. The molecule has 0 saturated heterocycles. The van der Waals surface area contributed by atoms with Crippen molar-refractivity contribution >= 4 is 22.6 Å². The Bertz CT molecular complexity index is 848. The average Bonchev–Trinajstić information content (AvgIpc) is 2.84. The molecule has 0 fully saturated rings. The molecule has 0 aliphatic rings. The second-order valence-corrected chi connectivity index (χ2v) is 4.25. The van der Waals surface area contributed by atoms with Gasteiger partial charge in [0.05, 0.1) is 11.1 Å². The molecule has 2 aromatic heterocycles. The molecule has 3 rings (SSSR count). The lowest BCUT2D eigenvalue weighted by Gasteiger charge is -2.08. The summed E-state index contributed by atoms with van der Waals surface area (Å²) in [5.41, 5.74) is 1.52. The lowest BCUT2D eigenvalue weighted by molar-refractivity contribution is 0.0950. The van der Waals surface area contributed by atoms with Crippen LogP contribution in [0.5, 0.6) is 0 Å². The van der Waals surface area contributed by atoms with Crippen LogP contribution in [0.1, 0.15) is 10.4 Å². The van der Waals surface area contributed by atoms with Gasteiger partial charge in [0.1, 0.15) is 0 Å². The zero-order valence-electron chi connectivity index (χ0n) is 10.8. The number of carbonyl (C=O) groups excluding carboxylic acids is 1. The van der Waals surface area contributed by atoms with Crippen molar-refractivity contribution in [2.24, 2.45) is 0 Å². The van der Waals surface area contributed by atoms with Crippen molar-refractivity contribution in [3.8, 4) is 0 Å². The molecule has 0 spiro atoms. The highest BCUT2D eigenvalue weighted by atomic mass is 16.2. The van der Waals surface area contributed by atoms with Crippen molar-refractivity contribution < 1.29 is 4.79 Å². The van der Waals surface area contributed by atoms with E-state index >= 15 is 0 Å². The summed E-state index contributed by atoms with van der Waals surface area (Å²) in [7, 11) is 1.74. The van der Waals surface area contributed by atoms with E-state index in [0.717, 1.165) is 0 Å². The first-order chi connectivity index (χ1) is 9.72. The molecule has 0 radical (unpaired) electrons. The van der Waals surface area contributed by atoms with Crippen LogP contribution in [0.25, 0.3) is 11.0 Å². The third kappa shape index (κ3) is 1.78.